The number of nitrogens with zero attached hydrogens (tertiary/aromatic N) is 3. The normalized spacial score (nSPS) is 17.9. The summed E-state index contributed by atoms with van der Waals surface area (Å²) < 4.78 is 47.6. The Morgan fingerprint density at radius 2 is 1.91 bits per heavy atom. The van der Waals surface area contributed by atoms with Gasteiger partial charge >= 0.3 is 6.18 Å². The van der Waals surface area contributed by atoms with Gasteiger partial charge in [0.15, 0.2) is 0 Å². The molecule has 0 saturated heterocycles. The Kier molecular flexibility index (Phi) is 6.93. The van der Waals surface area contributed by atoms with Gasteiger partial charge in [-0.15, -0.1) is 0 Å². The molecule has 10 heteroatoms. The van der Waals surface area contributed by atoms with E-state index in [1.807, 2.05) is 18.7 Å². The van der Waals surface area contributed by atoms with E-state index in [-0.39, 0.29) is 34.1 Å². The zero-order valence-corrected chi connectivity index (χ0v) is 19.1. The molecule has 0 aliphatic carbocycles. The highest BCUT2D eigenvalue weighted by molar-refractivity contribution is 6.30. The number of benzene rings is 2. The van der Waals surface area contributed by atoms with Crippen LogP contribution in [0.5, 0.6) is 5.75 Å². The number of fused-ring (bicyclic) bond motifs is 1. The quantitative estimate of drug-likeness (QED) is 0.642. The number of alkyl halides is 3. The van der Waals surface area contributed by atoms with E-state index in [9.17, 15) is 28.3 Å². The summed E-state index contributed by atoms with van der Waals surface area (Å²) in [4.78, 5) is 16.7. The van der Waals surface area contributed by atoms with Crippen LogP contribution >= 0.6 is 11.6 Å². The Hall–Kier alpha value is -2.80. The number of halogens is 4. The number of likely N-dealkylation sites (N-methyl/N-ethyl adjacent to an activating group) is 1. The van der Waals surface area contributed by atoms with Gasteiger partial charge in [0.1, 0.15) is 5.75 Å². The summed E-state index contributed by atoms with van der Waals surface area (Å²) in [5.41, 5.74) is -5.16. The van der Waals surface area contributed by atoms with Crippen LogP contribution in [0.3, 0.4) is 0 Å². The van der Waals surface area contributed by atoms with Crippen molar-refractivity contribution in [2.75, 3.05) is 38.2 Å². The fraction of sp³-hybridized carbons (Fsp3) is 0.391. The first-order valence-corrected chi connectivity index (χ1v) is 10.7. The molecule has 6 nitrogen and oxygen atoms in total. The minimum absolute atomic E-state index is 0.0257. The number of ether oxygens (including phenoxy) is 1. The van der Waals surface area contributed by atoms with Gasteiger partial charge in [0.05, 0.1) is 30.0 Å². The van der Waals surface area contributed by atoms with Gasteiger partial charge in [-0.3, -0.25) is 4.79 Å². The van der Waals surface area contributed by atoms with Crippen LogP contribution in [0.2, 0.25) is 5.02 Å². The molecule has 0 radical (unpaired) electrons. The van der Waals surface area contributed by atoms with Crippen molar-refractivity contribution in [2.24, 2.45) is 0 Å². The summed E-state index contributed by atoms with van der Waals surface area (Å²) in [6.45, 7) is 5.59. The van der Waals surface area contributed by atoms with Crippen molar-refractivity contribution in [1.82, 2.24) is 4.90 Å². The number of hydrogen-bond acceptors (Lipinski definition) is 5. The van der Waals surface area contributed by atoms with Crippen molar-refractivity contribution < 1.29 is 27.8 Å². The molecule has 0 bridgehead atoms. The molecular formula is C23H23ClF3N3O3. The number of hydrogen-bond donors (Lipinski definition) is 1. The monoisotopic (exact) mass is 481 g/mol. The lowest BCUT2D eigenvalue weighted by Gasteiger charge is -2.27. The smallest absolute Gasteiger partial charge is 0.416 e. The summed E-state index contributed by atoms with van der Waals surface area (Å²) in [5, 5.41) is 21.3. The van der Waals surface area contributed by atoms with Gasteiger partial charge in [0.2, 0.25) is 5.60 Å². The predicted molar refractivity (Wildman–Crippen MR) is 117 cm³/mol. The second-order valence-corrected chi connectivity index (χ2v) is 8.00. The molecule has 1 aliphatic heterocycles. The van der Waals surface area contributed by atoms with E-state index in [4.69, 9.17) is 16.3 Å². The van der Waals surface area contributed by atoms with E-state index in [0.717, 1.165) is 4.90 Å². The lowest BCUT2D eigenvalue weighted by Crippen LogP contribution is -2.44. The van der Waals surface area contributed by atoms with Gasteiger partial charge in [0.25, 0.3) is 5.91 Å². The Bertz CT molecular complexity index is 1110. The fourth-order valence-electron chi connectivity index (χ4n) is 4.14. The van der Waals surface area contributed by atoms with E-state index in [1.54, 1.807) is 6.07 Å². The van der Waals surface area contributed by atoms with Crippen LogP contribution in [0.4, 0.5) is 18.9 Å². The Morgan fingerprint density at radius 3 is 2.45 bits per heavy atom. The van der Waals surface area contributed by atoms with Crippen molar-refractivity contribution in [3.05, 3.63) is 57.6 Å². The number of anilines is 1. The third-order valence-electron chi connectivity index (χ3n) is 5.85. The highest BCUT2D eigenvalue weighted by atomic mass is 35.5. The molecule has 0 aromatic heterocycles. The zero-order valence-electron chi connectivity index (χ0n) is 18.3. The highest BCUT2D eigenvalue weighted by Gasteiger charge is 2.56. The zero-order chi connectivity index (χ0) is 24.6. The molecule has 0 spiro atoms. The van der Waals surface area contributed by atoms with Gasteiger partial charge in [0, 0.05) is 29.2 Å². The standard InChI is InChI=1S/C23H23ClF3N3O3/c1-4-29(5-2)8-9-30-18-11-14(13-28)10-17(23(25,26)27)20(18)22(32,21(30)31)16-7-6-15(24)12-19(16)33-3/h6-7,10-12,32H,4-5,8-9H2,1-3H3. The molecular weight excluding hydrogens is 459 g/mol. The Labute approximate surface area is 194 Å². The van der Waals surface area contributed by atoms with Gasteiger partial charge in [-0.1, -0.05) is 31.5 Å². The van der Waals surface area contributed by atoms with Crippen LogP contribution in [-0.2, 0) is 16.6 Å². The average Bonchev–Trinajstić information content (AvgIpc) is 3.00. The number of carbonyl (C=O) groups is 1. The molecule has 0 saturated carbocycles. The molecule has 0 fully saturated rings. The van der Waals surface area contributed by atoms with Crippen LogP contribution in [0.15, 0.2) is 30.3 Å². The lowest BCUT2D eigenvalue weighted by atomic mass is 9.83. The molecule has 1 unspecified atom stereocenters. The summed E-state index contributed by atoms with van der Waals surface area (Å²) in [5.74, 6) is -0.988. The van der Waals surface area contributed by atoms with Crippen molar-refractivity contribution in [3.8, 4) is 11.8 Å². The molecule has 33 heavy (non-hydrogen) atoms. The average molecular weight is 482 g/mol. The number of carbonyl (C=O) groups excluding carboxylic acids is 1. The molecule has 1 amide bonds. The second-order valence-electron chi connectivity index (χ2n) is 7.57. The van der Waals surface area contributed by atoms with Gasteiger partial charge < -0.3 is 19.6 Å². The number of amides is 1. The van der Waals surface area contributed by atoms with Crippen molar-refractivity contribution in [1.29, 1.82) is 5.26 Å². The summed E-state index contributed by atoms with van der Waals surface area (Å²) >= 11 is 5.99. The van der Waals surface area contributed by atoms with Crippen molar-refractivity contribution >= 4 is 23.2 Å². The van der Waals surface area contributed by atoms with Crippen molar-refractivity contribution in [3.63, 3.8) is 0 Å². The van der Waals surface area contributed by atoms with Crippen LogP contribution in [0.25, 0.3) is 0 Å². The fourth-order valence-corrected chi connectivity index (χ4v) is 4.30. The Balaban J connectivity index is 2.32. The molecule has 176 valence electrons. The number of aliphatic hydroxyl groups is 1. The first kappa shape index (κ1) is 24.8. The van der Waals surface area contributed by atoms with Crippen molar-refractivity contribution in [2.45, 2.75) is 25.6 Å². The van der Waals surface area contributed by atoms with Crippen LogP contribution in [0, 0.1) is 11.3 Å². The molecule has 1 heterocycles. The van der Waals surface area contributed by atoms with Gasteiger partial charge in [-0.05, 0) is 37.4 Å². The first-order valence-electron chi connectivity index (χ1n) is 10.3. The maximum atomic E-state index is 14.1. The third kappa shape index (κ3) is 4.26. The van der Waals surface area contributed by atoms with Crippen LogP contribution < -0.4 is 9.64 Å². The topological polar surface area (TPSA) is 76.8 Å². The van der Waals surface area contributed by atoms with Gasteiger partial charge in [-0.2, -0.15) is 18.4 Å². The lowest BCUT2D eigenvalue weighted by molar-refractivity contribution is -0.142. The largest absolute Gasteiger partial charge is 0.496 e. The SMILES string of the molecule is CCN(CC)CCN1C(=O)C(O)(c2ccc(Cl)cc2OC)c2c1cc(C#N)cc2C(F)(F)F. The number of methoxy groups -OCH3 is 1. The molecule has 1 aliphatic rings. The third-order valence-corrected chi connectivity index (χ3v) is 6.08. The maximum absolute atomic E-state index is 14.1. The molecule has 1 N–H and O–H groups in total. The molecule has 2 aromatic rings. The van der Waals surface area contributed by atoms with E-state index in [0.29, 0.717) is 25.7 Å². The molecule has 1 atom stereocenters. The minimum Gasteiger partial charge on any atom is -0.496 e. The highest BCUT2D eigenvalue weighted by Crippen LogP contribution is 2.52. The number of rotatable bonds is 7. The van der Waals surface area contributed by atoms with E-state index in [2.05, 4.69) is 0 Å². The summed E-state index contributed by atoms with van der Waals surface area (Å²) in [6.07, 6.45) is -4.93. The minimum atomic E-state index is -4.93. The van der Waals surface area contributed by atoms with Gasteiger partial charge in [-0.25, -0.2) is 0 Å². The first-order chi connectivity index (χ1) is 15.5. The second kappa shape index (κ2) is 9.21. The van der Waals surface area contributed by atoms with E-state index >= 15 is 0 Å². The van der Waals surface area contributed by atoms with E-state index in [1.165, 1.54) is 31.4 Å². The Morgan fingerprint density at radius 1 is 1.24 bits per heavy atom. The summed E-state index contributed by atoms with van der Waals surface area (Å²) in [7, 11) is 1.26. The summed E-state index contributed by atoms with van der Waals surface area (Å²) in [6, 6.07) is 7.51. The van der Waals surface area contributed by atoms with Crippen LogP contribution in [0.1, 0.15) is 36.1 Å². The van der Waals surface area contributed by atoms with E-state index < -0.39 is 28.8 Å². The maximum Gasteiger partial charge on any atom is 0.416 e. The number of nitriles is 1. The molecule has 2 aromatic carbocycles. The molecule has 3 rings (SSSR count). The van der Waals surface area contributed by atoms with Crippen LogP contribution in [-0.4, -0.2) is 49.2 Å². The predicted octanol–water partition coefficient (Wildman–Crippen LogP) is 4.16.